The van der Waals surface area contributed by atoms with Crippen molar-refractivity contribution in [3.8, 4) is 0 Å². The number of fused-ring (bicyclic) bond motifs is 1. The number of hydrogen-bond donors (Lipinski definition) is 2. The highest BCUT2D eigenvalue weighted by atomic mass is 16.2. The Labute approximate surface area is 170 Å². The normalized spacial score (nSPS) is 23.8. The predicted octanol–water partition coefficient (Wildman–Crippen LogP) is 3.67. The zero-order valence-corrected chi connectivity index (χ0v) is 17.7. The maximum atomic E-state index is 13.1. The van der Waals surface area contributed by atoms with Gasteiger partial charge >= 0.3 is 0 Å². The van der Waals surface area contributed by atoms with Crippen molar-refractivity contribution in [2.24, 2.45) is 23.0 Å². The van der Waals surface area contributed by atoms with E-state index in [9.17, 15) is 4.79 Å². The zero-order chi connectivity index (χ0) is 20.8. The number of rotatable bonds is 4. The van der Waals surface area contributed by atoms with Gasteiger partial charge in [-0.1, -0.05) is 32.9 Å². The molecule has 1 saturated carbocycles. The molecule has 29 heavy (non-hydrogen) atoms. The number of nitrogens with one attached hydrogen (secondary N) is 2. The number of carbonyl (C=O) groups excluding carboxylic acids is 1. The molecule has 1 fully saturated rings. The first kappa shape index (κ1) is 19.4. The van der Waals surface area contributed by atoms with Crippen LogP contribution in [0.4, 0.5) is 0 Å². The van der Waals surface area contributed by atoms with Crippen LogP contribution in [-0.4, -0.2) is 31.9 Å². The molecule has 2 atom stereocenters. The summed E-state index contributed by atoms with van der Waals surface area (Å²) in [6.07, 6.45) is 5.23. The fourth-order valence-corrected chi connectivity index (χ4v) is 4.55. The second kappa shape index (κ2) is 6.83. The lowest BCUT2D eigenvalue weighted by Crippen LogP contribution is -2.45. The largest absolute Gasteiger partial charge is 0.342 e. The average Bonchev–Trinajstić information content (AvgIpc) is 3.29. The molecular formula is C22H28N6O. The standard InChI is InChI=1S/C22H28N6O/c1-14-15(13-28(5)27-14)12-23-26-20(29)22(4)11-10-16(21(22,2)3)19-24-17-8-6-7-9-18(17)25-19/h6-9,12-13,16H,10-11H2,1-5H3,(H,24,25)(H,26,29)/b23-12-/t16-,22+/m1/s1. The second-order valence-corrected chi connectivity index (χ2v) is 8.83. The Morgan fingerprint density at radius 3 is 2.79 bits per heavy atom. The highest BCUT2D eigenvalue weighted by Crippen LogP contribution is 2.59. The van der Waals surface area contributed by atoms with Crippen LogP contribution in [0.1, 0.15) is 56.6 Å². The van der Waals surface area contributed by atoms with E-state index in [1.165, 1.54) is 0 Å². The summed E-state index contributed by atoms with van der Waals surface area (Å²) in [7, 11) is 1.86. The minimum Gasteiger partial charge on any atom is -0.342 e. The van der Waals surface area contributed by atoms with Crippen LogP contribution >= 0.6 is 0 Å². The number of benzene rings is 1. The van der Waals surface area contributed by atoms with E-state index >= 15 is 0 Å². The molecule has 0 aliphatic heterocycles. The minimum atomic E-state index is -0.544. The average molecular weight is 393 g/mol. The molecule has 0 unspecified atom stereocenters. The van der Waals surface area contributed by atoms with Crippen LogP contribution < -0.4 is 5.43 Å². The molecule has 1 aromatic carbocycles. The topological polar surface area (TPSA) is 88.0 Å². The van der Waals surface area contributed by atoms with Gasteiger partial charge in [-0.3, -0.25) is 9.48 Å². The number of hydrogen-bond acceptors (Lipinski definition) is 4. The van der Waals surface area contributed by atoms with E-state index in [4.69, 9.17) is 4.98 Å². The Kier molecular flexibility index (Phi) is 4.56. The molecule has 3 aromatic rings. The predicted molar refractivity (Wildman–Crippen MR) is 114 cm³/mol. The van der Waals surface area contributed by atoms with Crippen LogP contribution in [0, 0.1) is 17.8 Å². The smallest absolute Gasteiger partial charge is 0.246 e. The SMILES string of the molecule is Cc1nn(C)cc1/C=N\NC(=O)[C@]1(C)CC[C@H](c2nc3ccccc3[nH]2)C1(C)C. The summed E-state index contributed by atoms with van der Waals surface area (Å²) < 4.78 is 1.73. The number of amides is 1. The summed E-state index contributed by atoms with van der Waals surface area (Å²) in [5.74, 6) is 1.08. The van der Waals surface area contributed by atoms with Gasteiger partial charge in [-0.05, 0) is 37.3 Å². The van der Waals surface area contributed by atoms with Gasteiger partial charge in [-0.25, -0.2) is 10.4 Å². The second-order valence-electron chi connectivity index (χ2n) is 8.83. The van der Waals surface area contributed by atoms with Gasteiger partial charge in [-0.2, -0.15) is 10.2 Å². The summed E-state index contributed by atoms with van der Waals surface area (Å²) >= 11 is 0. The maximum Gasteiger partial charge on any atom is 0.246 e. The molecular weight excluding hydrogens is 364 g/mol. The van der Waals surface area contributed by atoms with Crippen molar-refractivity contribution in [3.05, 3.63) is 47.5 Å². The van der Waals surface area contributed by atoms with E-state index < -0.39 is 5.41 Å². The lowest BCUT2D eigenvalue weighted by molar-refractivity contribution is -0.135. The number of carbonyl (C=O) groups is 1. The third kappa shape index (κ3) is 3.14. The molecule has 1 amide bonds. The van der Waals surface area contributed by atoms with Crippen LogP contribution in [-0.2, 0) is 11.8 Å². The van der Waals surface area contributed by atoms with Gasteiger partial charge in [0.15, 0.2) is 0 Å². The third-order valence-corrected chi connectivity index (χ3v) is 6.89. The van der Waals surface area contributed by atoms with Crippen LogP contribution in [0.5, 0.6) is 0 Å². The van der Waals surface area contributed by atoms with Gasteiger partial charge in [0, 0.05) is 24.7 Å². The van der Waals surface area contributed by atoms with Crippen LogP contribution in [0.2, 0.25) is 0 Å². The summed E-state index contributed by atoms with van der Waals surface area (Å²) in [6, 6.07) is 8.04. The van der Waals surface area contributed by atoms with Crippen LogP contribution in [0.15, 0.2) is 35.6 Å². The Morgan fingerprint density at radius 1 is 1.34 bits per heavy atom. The van der Waals surface area contributed by atoms with Crippen molar-refractivity contribution >= 4 is 23.2 Å². The number of para-hydroxylation sites is 2. The Morgan fingerprint density at radius 2 is 2.10 bits per heavy atom. The monoisotopic (exact) mass is 392 g/mol. The van der Waals surface area contributed by atoms with Crippen molar-refractivity contribution in [2.45, 2.75) is 46.5 Å². The van der Waals surface area contributed by atoms with Gasteiger partial charge < -0.3 is 4.98 Å². The molecule has 2 aromatic heterocycles. The lowest BCUT2D eigenvalue weighted by atomic mass is 9.65. The molecule has 4 rings (SSSR count). The third-order valence-electron chi connectivity index (χ3n) is 6.89. The molecule has 0 saturated heterocycles. The first-order valence-corrected chi connectivity index (χ1v) is 10.0. The van der Waals surface area contributed by atoms with Crippen LogP contribution in [0.25, 0.3) is 11.0 Å². The molecule has 0 radical (unpaired) electrons. The van der Waals surface area contributed by atoms with Crippen molar-refractivity contribution in [2.75, 3.05) is 0 Å². The highest BCUT2D eigenvalue weighted by molar-refractivity contribution is 5.86. The van der Waals surface area contributed by atoms with Gasteiger partial charge in [0.1, 0.15) is 5.82 Å². The molecule has 152 valence electrons. The van der Waals surface area contributed by atoms with Crippen molar-refractivity contribution < 1.29 is 4.79 Å². The number of H-pyrrole nitrogens is 1. The van der Waals surface area contributed by atoms with Gasteiger partial charge in [0.05, 0.1) is 28.4 Å². The fourth-order valence-electron chi connectivity index (χ4n) is 4.55. The van der Waals surface area contributed by atoms with Crippen molar-refractivity contribution in [1.29, 1.82) is 0 Å². The maximum absolute atomic E-state index is 13.1. The van der Waals surface area contributed by atoms with Crippen molar-refractivity contribution in [3.63, 3.8) is 0 Å². The Balaban J connectivity index is 1.54. The van der Waals surface area contributed by atoms with E-state index in [0.29, 0.717) is 0 Å². The number of aryl methyl sites for hydroxylation is 2. The first-order chi connectivity index (χ1) is 13.7. The molecule has 2 N–H and O–H groups in total. The van der Waals surface area contributed by atoms with E-state index in [2.05, 4.69) is 34.5 Å². The molecule has 7 heteroatoms. The number of hydrazone groups is 1. The number of aromatic nitrogens is 4. The molecule has 2 heterocycles. The van der Waals surface area contributed by atoms with Crippen molar-refractivity contribution in [1.82, 2.24) is 25.2 Å². The molecule has 0 spiro atoms. The van der Waals surface area contributed by atoms with E-state index in [0.717, 1.165) is 41.0 Å². The van der Waals surface area contributed by atoms with Crippen LogP contribution in [0.3, 0.4) is 0 Å². The highest BCUT2D eigenvalue weighted by Gasteiger charge is 2.57. The van der Waals surface area contributed by atoms with Gasteiger partial charge in [0.25, 0.3) is 0 Å². The summed E-state index contributed by atoms with van der Waals surface area (Å²) in [6.45, 7) is 8.27. The number of nitrogens with zero attached hydrogens (tertiary/aromatic N) is 4. The Hall–Kier alpha value is -2.96. The van der Waals surface area contributed by atoms with E-state index in [1.807, 2.05) is 51.4 Å². The first-order valence-electron chi connectivity index (χ1n) is 10.0. The molecule has 1 aliphatic rings. The van der Waals surface area contributed by atoms with Gasteiger partial charge in [0.2, 0.25) is 5.91 Å². The summed E-state index contributed by atoms with van der Waals surface area (Å²) in [5, 5.41) is 8.49. The van der Waals surface area contributed by atoms with Gasteiger partial charge in [-0.15, -0.1) is 0 Å². The van der Waals surface area contributed by atoms with E-state index in [-0.39, 0.29) is 17.2 Å². The minimum absolute atomic E-state index is 0.0566. The zero-order valence-electron chi connectivity index (χ0n) is 17.7. The summed E-state index contributed by atoms with van der Waals surface area (Å²) in [4.78, 5) is 21.4. The fraction of sp³-hybridized carbons (Fsp3) is 0.455. The molecule has 1 aliphatic carbocycles. The number of imidazole rings is 1. The quantitative estimate of drug-likeness (QED) is 0.525. The molecule has 7 nitrogen and oxygen atoms in total. The lowest BCUT2D eigenvalue weighted by Gasteiger charge is -2.39. The number of aromatic amines is 1. The molecule has 0 bridgehead atoms. The Bertz CT molecular complexity index is 1060. The summed E-state index contributed by atoms with van der Waals surface area (Å²) in [5.41, 5.74) is 5.72. The van der Waals surface area contributed by atoms with E-state index in [1.54, 1.807) is 10.9 Å².